The van der Waals surface area contributed by atoms with Crippen molar-refractivity contribution in [2.45, 2.75) is 39.3 Å². The van der Waals surface area contributed by atoms with Gasteiger partial charge in [-0.15, -0.1) is 0 Å². The van der Waals surface area contributed by atoms with Crippen LogP contribution in [0.5, 0.6) is 5.75 Å². The molecule has 0 radical (unpaired) electrons. The van der Waals surface area contributed by atoms with Gasteiger partial charge in [0.2, 0.25) is 5.91 Å². The molecule has 0 spiro atoms. The molecule has 1 aliphatic rings. The summed E-state index contributed by atoms with van der Waals surface area (Å²) in [5.74, 6) is 0.995. The van der Waals surface area contributed by atoms with E-state index >= 15 is 0 Å². The molecule has 27 heavy (non-hydrogen) atoms. The van der Waals surface area contributed by atoms with Gasteiger partial charge >= 0.3 is 5.63 Å². The van der Waals surface area contributed by atoms with Crippen LogP contribution in [0.4, 0.5) is 0 Å². The highest BCUT2D eigenvalue weighted by Crippen LogP contribution is 2.26. The first-order chi connectivity index (χ1) is 12.9. The van der Waals surface area contributed by atoms with Crippen molar-refractivity contribution < 1.29 is 13.9 Å². The fourth-order valence-electron chi connectivity index (χ4n) is 3.59. The van der Waals surface area contributed by atoms with Gasteiger partial charge in [0.15, 0.2) is 0 Å². The van der Waals surface area contributed by atoms with Crippen LogP contribution in [0.1, 0.15) is 32.3 Å². The second-order valence-corrected chi connectivity index (χ2v) is 7.55. The summed E-state index contributed by atoms with van der Waals surface area (Å²) in [5, 5.41) is 0.924. The highest BCUT2D eigenvalue weighted by molar-refractivity contribution is 5.81. The Bertz CT molecular complexity index is 866. The monoisotopic (exact) mass is 372 g/mol. The lowest BCUT2D eigenvalue weighted by Gasteiger charge is -2.34. The molecular formula is C21H28N2O4. The summed E-state index contributed by atoms with van der Waals surface area (Å²) in [7, 11) is 3.47. The number of methoxy groups -OCH3 is 1. The minimum Gasteiger partial charge on any atom is -0.497 e. The Kier molecular flexibility index (Phi) is 5.85. The van der Waals surface area contributed by atoms with Gasteiger partial charge in [0.25, 0.3) is 0 Å². The zero-order chi connectivity index (χ0) is 19.6. The van der Waals surface area contributed by atoms with Crippen molar-refractivity contribution in [1.82, 2.24) is 9.80 Å². The number of carbonyl (C=O) groups excluding carboxylic acids is 1. The van der Waals surface area contributed by atoms with Crippen molar-refractivity contribution in [3.63, 3.8) is 0 Å². The van der Waals surface area contributed by atoms with Gasteiger partial charge < -0.3 is 14.1 Å². The minimum absolute atomic E-state index is 0.0931. The molecule has 1 aliphatic heterocycles. The molecule has 3 rings (SSSR count). The van der Waals surface area contributed by atoms with E-state index in [9.17, 15) is 9.59 Å². The highest BCUT2D eigenvalue weighted by atomic mass is 16.5. The van der Waals surface area contributed by atoms with Gasteiger partial charge in [-0.25, -0.2) is 4.79 Å². The number of carbonyl (C=O) groups is 1. The van der Waals surface area contributed by atoms with Crippen molar-refractivity contribution in [2.75, 3.05) is 27.2 Å². The van der Waals surface area contributed by atoms with Crippen LogP contribution in [0.3, 0.4) is 0 Å². The molecule has 0 aliphatic carbocycles. The Morgan fingerprint density at radius 1 is 1.30 bits per heavy atom. The van der Waals surface area contributed by atoms with E-state index in [0.717, 1.165) is 36.9 Å². The predicted molar refractivity (Wildman–Crippen MR) is 105 cm³/mol. The largest absolute Gasteiger partial charge is 0.497 e. The van der Waals surface area contributed by atoms with E-state index in [1.165, 1.54) is 0 Å². The normalized spacial score (nSPS) is 16.0. The van der Waals surface area contributed by atoms with E-state index < -0.39 is 0 Å². The first kappa shape index (κ1) is 19.4. The summed E-state index contributed by atoms with van der Waals surface area (Å²) < 4.78 is 10.5. The topological polar surface area (TPSA) is 63.0 Å². The zero-order valence-corrected chi connectivity index (χ0v) is 16.5. The third kappa shape index (κ3) is 4.33. The lowest BCUT2D eigenvalue weighted by atomic mass is 9.94. The summed E-state index contributed by atoms with van der Waals surface area (Å²) in [6.07, 6.45) is 1.70. The number of piperidine rings is 1. The van der Waals surface area contributed by atoms with E-state index in [1.807, 2.05) is 37.9 Å². The number of amides is 1. The van der Waals surface area contributed by atoms with E-state index in [1.54, 1.807) is 19.2 Å². The van der Waals surface area contributed by atoms with Gasteiger partial charge in [-0.2, -0.15) is 0 Å². The quantitative estimate of drug-likeness (QED) is 0.755. The molecule has 146 valence electrons. The molecule has 0 saturated carbocycles. The van der Waals surface area contributed by atoms with Crippen LogP contribution in [-0.4, -0.2) is 49.0 Å². The molecule has 1 amide bonds. The fourth-order valence-corrected chi connectivity index (χ4v) is 3.59. The van der Waals surface area contributed by atoms with E-state index in [0.29, 0.717) is 17.9 Å². The van der Waals surface area contributed by atoms with Crippen LogP contribution in [0.25, 0.3) is 11.0 Å². The molecule has 1 aromatic heterocycles. The molecule has 0 bridgehead atoms. The lowest BCUT2D eigenvalue weighted by Crippen LogP contribution is -2.43. The predicted octanol–water partition coefficient (Wildman–Crippen LogP) is 2.88. The lowest BCUT2D eigenvalue weighted by molar-refractivity contribution is -0.137. The zero-order valence-electron chi connectivity index (χ0n) is 16.5. The molecule has 6 heteroatoms. The smallest absolute Gasteiger partial charge is 0.336 e. The first-order valence-electron chi connectivity index (χ1n) is 9.49. The standard InChI is InChI=1S/C21H28N2O4/c1-14(2)22(3)21(25)15-7-9-23(10-8-15)13-16-11-20(24)27-19-12-17(26-4)5-6-18(16)19/h5-6,11-12,14-15H,7-10,13H2,1-4H3. The van der Waals surface area contributed by atoms with Gasteiger partial charge in [0.05, 0.1) is 7.11 Å². The molecule has 0 unspecified atom stereocenters. The number of fused-ring (bicyclic) bond motifs is 1. The van der Waals surface area contributed by atoms with Crippen LogP contribution in [0, 0.1) is 5.92 Å². The molecule has 0 N–H and O–H groups in total. The maximum absolute atomic E-state index is 12.5. The van der Waals surface area contributed by atoms with Crippen molar-refractivity contribution >= 4 is 16.9 Å². The number of rotatable bonds is 5. The van der Waals surface area contributed by atoms with E-state index in [4.69, 9.17) is 9.15 Å². The molecule has 1 saturated heterocycles. The highest BCUT2D eigenvalue weighted by Gasteiger charge is 2.28. The van der Waals surface area contributed by atoms with Crippen molar-refractivity contribution in [3.8, 4) is 5.75 Å². The Hall–Kier alpha value is -2.34. The maximum Gasteiger partial charge on any atom is 0.336 e. The second kappa shape index (κ2) is 8.13. The summed E-state index contributed by atoms with van der Waals surface area (Å²) >= 11 is 0. The molecule has 0 atom stereocenters. The third-order valence-corrected chi connectivity index (χ3v) is 5.49. The van der Waals surface area contributed by atoms with Crippen molar-refractivity contribution in [1.29, 1.82) is 0 Å². The van der Waals surface area contributed by atoms with Gasteiger partial charge in [0, 0.05) is 43.1 Å². The summed E-state index contributed by atoms with van der Waals surface area (Å²) in [6, 6.07) is 7.34. The Balaban J connectivity index is 1.70. The summed E-state index contributed by atoms with van der Waals surface area (Å²) in [4.78, 5) is 28.6. The van der Waals surface area contributed by atoms with Crippen LogP contribution in [-0.2, 0) is 11.3 Å². The molecule has 2 aromatic rings. The first-order valence-corrected chi connectivity index (χ1v) is 9.49. The fraction of sp³-hybridized carbons (Fsp3) is 0.524. The van der Waals surface area contributed by atoms with Crippen LogP contribution >= 0.6 is 0 Å². The van der Waals surface area contributed by atoms with Gasteiger partial charge in [-0.1, -0.05) is 0 Å². The number of likely N-dealkylation sites (tertiary alicyclic amines) is 1. The third-order valence-electron chi connectivity index (χ3n) is 5.49. The summed E-state index contributed by atoms with van der Waals surface area (Å²) in [5.41, 5.74) is 1.14. The number of hydrogen-bond donors (Lipinski definition) is 0. The van der Waals surface area contributed by atoms with Gasteiger partial charge in [-0.3, -0.25) is 9.69 Å². The number of benzene rings is 1. The Morgan fingerprint density at radius 2 is 2.00 bits per heavy atom. The Labute approximate surface area is 159 Å². The Morgan fingerprint density at radius 3 is 2.63 bits per heavy atom. The molecule has 1 aromatic carbocycles. The maximum atomic E-state index is 12.5. The number of hydrogen-bond acceptors (Lipinski definition) is 5. The molecule has 1 fully saturated rings. The summed E-state index contributed by atoms with van der Waals surface area (Å²) in [6.45, 7) is 6.44. The van der Waals surface area contributed by atoms with E-state index in [2.05, 4.69) is 4.90 Å². The van der Waals surface area contributed by atoms with Crippen molar-refractivity contribution in [3.05, 3.63) is 40.2 Å². The van der Waals surface area contributed by atoms with Crippen LogP contribution in [0.15, 0.2) is 33.5 Å². The van der Waals surface area contributed by atoms with Gasteiger partial charge in [0.1, 0.15) is 11.3 Å². The van der Waals surface area contributed by atoms with Gasteiger partial charge in [-0.05, 0) is 57.5 Å². The average molecular weight is 372 g/mol. The number of ether oxygens (including phenoxy) is 1. The van der Waals surface area contributed by atoms with Crippen molar-refractivity contribution in [2.24, 2.45) is 5.92 Å². The number of nitrogens with zero attached hydrogens (tertiary/aromatic N) is 2. The molecule has 6 nitrogen and oxygen atoms in total. The average Bonchev–Trinajstić information content (AvgIpc) is 2.66. The SMILES string of the molecule is COc1ccc2c(CN3CCC(C(=O)N(C)C(C)C)CC3)cc(=O)oc2c1. The molecule has 2 heterocycles. The second-order valence-electron chi connectivity index (χ2n) is 7.55. The molecular weight excluding hydrogens is 344 g/mol. The van der Waals surface area contributed by atoms with Crippen LogP contribution in [0.2, 0.25) is 0 Å². The van der Waals surface area contributed by atoms with Crippen LogP contribution < -0.4 is 10.4 Å². The minimum atomic E-state index is -0.352. The van der Waals surface area contributed by atoms with E-state index in [-0.39, 0.29) is 23.5 Å².